The van der Waals surface area contributed by atoms with Crippen LogP contribution in [0.4, 0.5) is 0 Å². The van der Waals surface area contributed by atoms with Crippen LogP contribution in [-0.4, -0.2) is 22.0 Å². The molecule has 0 saturated heterocycles. The van der Waals surface area contributed by atoms with Crippen molar-refractivity contribution in [2.24, 2.45) is 0 Å². The molecular weight excluding hydrogens is 342 g/mol. The summed E-state index contributed by atoms with van der Waals surface area (Å²) in [7, 11) is 0. The predicted octanol–water partition coefficient (Wildman–Crippen LogP) is 4.04. The third kappa shape index (κ3) is 4.50. The Kier molecular flexibility index (Phi) is 6.29. The number of rotatable bonds is 7. The van der Waals surface area contributed by atoms with Gasteiger partial charge in [0.05, 0.1) is 11.4 Å². The Morgan fingerprint density at radius 2 is 1.89 bits per heavy atom. The second kappa shape index (κ2) is 8.45. The van der Waals surface area contributed by atoms with Gasteiger partial charge in [-0.3, -0.25) is 4.79 Å². The van der Waals surface area contributed by atoms with Crippen LogP contribution in [0, 0.1) is 6.92 Å². The second-order valence-electron chi connectivity index (χ2n) is 6.17. The van der Waals surface area contributed by atoms with E-state index in [9.17, 15) is 9.59 Å². The number of benzene rings is 1. The molecule has 1 unspecified atom stereocenters. The van der Waals surface area contributed by atoms with E-state index >= 15 is 0 Å². The Bertz CT molecular complexity index is 884. The molecule has 1 N–H and O–H groups in total. The molecule has 0 spiro atoms. The highest BCUT2D eigenvalue weighted by Crippen LogP contribution is 2.35. The number of carboxylic acid groups (broad SMARTS) is 1. The lowest BCUT2D eigenvalue weighted by Crippen LogP contribution is -2.32. The van der Waals surface area contributed by atoms with Gasteiger partial charge in [-0.25, -0.2) is 9.78 Å². The van der Waals surface area contributed by atoms with E-state index in [1.165, 1.54) is 19.1 Å². The van der Waals surface area contributed by atoms with E-state index in [0.717, 1.165) is 17.2 Å². The van der Waals surface area contributed by atoms with Crippen molar-refractivity contribution in [1.82, 2.24) is 4.98 Å². The highest BCUT2D eigenvalue weighted by Gasteiger charge is 2.36. The zero-order valence-electron chi connectivity index (χ0n) is 15.7. The maximum absolute atomic E-state index is 11.9. The van der Waals surface area contributed by atoms with Gasteiger partial charge in [-0.2, -0.15) is 0 Å². The molecule has 5 nitrogen and oxygen atoms in total. The summed E-state index contributed by atoms with van der Waals surface area (Å²) in [5.74, 6) is -1.53. The number of ether oxygens (including phenoxy) is 1. The van der Waals surface area contributed by atoms with E-state index < -0.39 is 17.5 Å². The molecular formula is C22H23NO4. The first-order valence-corrected chi connectivity index (χ1v) is 8.64. The second-order valence-corrected chi connectivity index (χ2v) is 6.17. The van der Waals surface area contributed by atoms with Gasteiger partial charge in [0.1, 0.15) is 0 Å². The molecule has 0 aliphatic rings. The highest BCUT2D eigenvalue weighted by atomic mass is 16.6. The van der Waals surface area contributed by atoms with Crippen molar-refractivity contribution in [2.75, 3.05) is 0 Å². The van der Waals surface area contributed by atoms with Crippen molar-refractivity contribution in [3.8, 4) is 0 Å². The first-order chi connectivity index (χ1) is 12.8. The Balaban J connectivity index is 2.70. The lowest BCUT2D eigenvalue weighted by atomic mass is 9.88. The van der Waals surface area contributed by atoms with Gasteiger partial charge >= 0.3 is 11.9 Å². The first-order valence-electron chi connectivity index (χ1n) is 8.64. The molecule has 0 fully saturated rings. The Morgan fingerprint density at radius 3 is 2.41 bits per heavy atom. The molecule has 2 aromatic rings. The topological polar surface area (TPSA) is 76.5 Å². The van der Waals surface area contributed by atoms with Crippen LogP contribution >= 0.6 is 0 Å². The van der Waals surface area contributed by atoms with Crippen molar-refractivity contribution >= 4 is 18.0 Å². The minimum atomic E-state index is -1.27. The van der Waals surface area contributed by atoms with Crippen LogP contribution < -0.4 is 0 Å². The number of hydrogen-bond acceptors (Lipinski definition) is 4. The van der Waals surface area contributed by atoms with Crippen LogP contribution in [0.25, 0.3) is 6.08 Å². The number of carbonyl (C=O) groups is 2. The summed E-state index contributed by atoms with van der Waals surface area (Å²) in [6, 6.07) is 11.2. The number of nitrogens with zero attached hydrogens (tertiary/aromatic N) is 1. The zero-order valence-corrected chi connectivity index (χ0v) is 15.7. The predicted molar refractivity (Wildman–Crippen MR) is 104 cm³/mol. The number of aromatic nitrogens is 1. The summed E-state index contributed by atoms with van der Waals surface area (Å²) < 4.78 is 5.69. The summed E-state index contributed by atoms with van der Waals surface area (Å²) in [4.78, 5) is 27.4. The maximum atomic E-state index is 11.9. The summed E-state index contributed by atoms with van der Waals surface area (Å²) >= 11 is 0. The Morgan fingerprint density at radius 1 is 1.22 bits per heavy atom. The van der Waals surface area contributed by atoms with Crippen LogP contribution in [0.5, 0.6) is 0 Å². The third-order valence-corrected chi connectivity index (χ3v) is 4.23. The van der Waals surface area contributed by atoms with Crippen molar-refractivity contribution in [2.45, 2.75) is 32.8 Å². The lowest BCUT2D eigenvalue weighted by Gasteiger charge is -2.30. The van der Waals surface area contributed by atoms with E-state index in [1.807, 2.05) is 44.2 Å². The van der Waals surface area contributed by atoms with E-state index in [0.29, 0.717) is 23.4 Å². The molecule has 0 saturated carbocycles. The summed E-state index contributed by atoms with van der Waals surface area (Å²) in [6.45, 7) is 9.14. The van der Waals surface area contributed by atoms with Crippen LogP contribution in [-0.2, 0) is 26.3 Å². The van der Waals surface area contributed by atoms with E-state index in [2.05, 4.69) is 11.6 Å². The number of esters is 1. The van der Waals surface area contributed by atoms with Crippen LogP contribution in [0.3, 0.4) is 0 Å². The number of aliphatic carboxylic acids is 1. The normalized spacial score (nSPS) is 13.1. The molecule has 5 heteroatoms. The maximum Gasteiger partial charge on any atom is 0.328 e. The number of carbonyl (C=O) groups excluding carboxylic acids is 1. The largest absolute Gasteiger partial charge is 0.478 e. The molecule has 0 aliphatic heterocycles. The Labute approximate surface area is 159 Å². The fourth-order valence-electron chi connectivity index (χ4n) is 2.86. The monoisotopic (exact) mass is 365 g/mol. The van der Waals surface area contributed by atoms with Gasteiger partial charge in [-0.1, -0.05) is 49.4 Å². The Hall–Kier alpha value is -3.21. The molecule has 0 radical (unpaired) electrons. The molecule has 2 rings (SSSR count). The molecule has 1 aromatic heterocycles. The van der Waals surface area contributed by atoms with E-state index in [4.69, 9.17) is 9.84 Å². The summed E-state index contributed by atoms with van der Waals surface area (Å²) in [5.41, 5.74) is 2.38. The number of aryl methyl sites for hydroxylation is 2. The molecule has 1 atom stereocenters. The van der Waals surface area contributed by atoms with Gasteiger partial charge in [0.15, 0.2) is 5.60 Å². The van der Waals surface area contributed by atoms with Gasteiger partial charge in [-0.05, 0) is 37.1 Å². The van der Waals surface area contributed by atoms with Crippen LogP contribution in [0.1, 0.15) is 41.9 Å². The molecule has 27 heavy (non-hydrogen) atoms. The van der Waals surface area contributed by atoms with Crippen molar-refractivity contribution in [3.05, 3.63) is 83.2 Å². The van der Waals surface area contributed by atoms with Gasteiger partial charge in [0.25, 0.3) is 0 Å². The number of pyridine rings is 1. The SMILES string of the molecule is C=CC(OC(C)=O)(c1ccc(C)cc1)c1ccc(CC)c(C=CC(=O)O)n1. The molecule has 0 amide bonds. The highest BCUT2D eigenvalue weighted by molar-refractivity contribution is 5.85. The molecule has 0 aliphatic carbocycles. The summed E-state index contributed by atoms with van der Waals surface area (Å²) in [6.07, 6.45) is 4.71. The third-order valence-electron chi connectivity index (χ3n) is 4.23. The molecule has 0 bridgehead atoms. The van der Waals surface area contributed by atoms with E-state index in [-0.39, 0.29) is 0 Å². The van der Waals surface area contributed by atoms with Crippen LogP contribution in [0.15, 0.2) is 55.1 Å². The van der Waals surface area contributed by atoms with Crippen molar-refractivity contribution in [3.63, 3.8) is 0 Å². The molecule has 140 valence electrons. The lowest BCUT2D eigenvalue weighted by molar-refractivity contribution is -0.150. The fraction of sp³-hybridized carbons (Fsp3) is 0.227. The average molecular weight is 365 g/mol. The van der Waals surface area contributed by atoms with Gasteiger partial charge in [0, 0.05) is 18.6 Å². The van der Waals surface area contributed by atoms with Crippen molar-refractivity contribution < 1.29 is 19.4 Å². The standard InChI is InChI=1S/C22H23NO4/c1-5-17-9-13-20(23-19(17)12-14-21(25)26)22(6-2,27-16(4)24)18-10-7-15(3)8-11-18/h6-14H,2,5H2,1,3-4H3,(H,25,26). The van der Waals surface area contributed by atoms with Gasteiger partial charge < -0.3 is 9.84 Å². The number of carboxylic acids is 1. The smallest absolute Gasteiger partial charge is 0.328 e. The van der Waals surface area contributed by atoms with Gasteiger partial charge in [0.2, 0.25) is 0 Å². The van der Waals surface area contributed by atoms with E-state index in [1.54, 1.807) is 6.07 Å². The fourth-order valence-corrected chi connectivity index (χ4v) is 2.86. The molecule has 1 aromatic carbocycles. The van der Waals surface area contributed by atoms with Gasteiger partial charge in [-0.15, -0.1) is 0 Å². The van der Waals surface area contributed by atoms with Crippen molar-refractivity contribution in [1.29, 1.82) is 0 Å². The molecule has 1 heterocycles. The number of hydrogen-bond donors (Lipinski definition) is 1. The average Bonchev–Trinajstić information content (AvgIpc) is 2.64. The summed E-state index contributed by atoms with van der Waals surface area (Å²) in [5, 5.41) is 8.94. The first kappa shape index (κ1) is 20.1. The zero-order chi connectivity index (χ0) is 20.0. The minimum Gasteiger partial charge on any atom is -0.478 e. The minimum absolute atomic E-state index is 0.457. The quantitative estimate of drug-likeness (QED) is 0.455. The van der Waals surface area contributed by atoms with Crippen LogP contribution in [0.2, 0.25) is 0 Å².